The number of rotatable bonds is 5. The summed E-state index contributed by atoms with van der Waals surface area (Å²) in [4.78, 5) is 0. The van der Waals surface area contributed by atoms with E-state index in [0.717, 1.165) is 29.2 Å². The number of hydrogen-bond donors (Lipinski definition) is 0. The lowest BCUT2D eigenvalue weighted by molar-refractivity contribution is 0.211. The van der Waals surface area contributed by atoms with Crippen LogP contribution >= 0.6 is 27.5 Å². The standard InChI is InChI=1S/C16H22BrClO/c1-2-12-3-8-16(18)13(11-12)9-10-19-15-6-4-14(17)5-7-15/h4-7,12-13,16H,2-3,8-11H2,1H3. The van der Waals surface area contributed by atoms with Gasteiger partial charge < -0.3 is 4.74 Å². The van der Waals surface area contributed by atoms with Gasteiger partial charge in [-0.15, -0.1) is 11.6 Å². The van der Waals surface area contributed by atoms with Gasteiger partial charge >= 0.3 is 0 Å². The average molecular weight is 346 g/mol. The van der Waals surface area contributed by atoms with Crippen LogP contribution in [0.15, 0.2) is 28.7 Å². The Bertz CT molecular complexity index is 379. The fourth-order valence-corrected chi connectivity index (χ4v) is 3.47. The molecule has 0 heterocycles. The van der Waals surface area contributed by atoms with Crippen LogP contribution in [0.25, 0.3) is 0 Å². The second-order valence-corrected chi connectivity index (χ2v) is 6.93. The topological polar surface area (TPSA) is 9.23 Å². The van der Waals surface area contributed by atoms with Crippen LogP contribution in [-0.4, -0.2) is 12.0 Å². The van der Waals surface area contributed by atoms with Crippen molar-refractivity contribution in [3.63, 3.8) is 0 Å². The van der Waals surface area contributed by atoms with Crippen LogP contribution in [-0.2, 0) is 0 Å². The summed E-state index contributed by atoms with van der Waals surface area (Å²) in [6.07, 6.45) is 6.10. The van der Waals surface area contributed by atoms with Crippen LogP contribution in [0.3, 0.4) is 0 Å². The van der Waals surface area contributed by atoms with E-state index in [4.69, 9.17) is 16.3 Å². The van der Waals surface area contributed by atoms with Gasteiger partial charge in [-0.1, -0.05) is 29.3 Å². The zero-order valence-electron chi connectivity index (χ0n) is 11.4. The Balaban J connectivity index is 1.76. The molecule has 1 fully saturated rings. The van der Waals surface area contributed by atoms with Gasteiger partial charge in [-0.05, 0) is 61.8 Å². The quantitative estimate of drug-likeness (QED) is 0.626. The molecule has 1 aromatic carbocycles. The van der Waals surface area contributed by atoms with E-state index < -0.39 is 0 Å². The van der Waals surface area contributed by atoms with Gasteiger partial charge in [0.2, 0.25) is 0 Å². The first-order valence-electron chi connectivity index (χ1n) is 7.21. The molecule has 1 nitrogen and oxygen atoms in total. The van der Waals surface area contributed by atoms with E-state index in [1.807, 2.05) is 24.3 Å². The predicted octanol–water partition coefficient (Wildman–Crippen LogP) is 5.65. The lowest BCUT2D eigenvalue weighted by atomic mass is 9.78. The fourth-order valence-electron chi connectivity index (χ4n) is 2.85. The van der Waals surface area contributed by atoms with Crippen LogP contribution in [0.2, 0.25) is 0 Å². The van der Waals surface area contributed by atoms with Crippen molar-refractivity contribution >= 4 is 27.5 Å². The van der Waals surface area contributed by atoms with Crippen molar-refractivity contribution in [3.8, 4) is 5.75 Å². The van der Waals surface area contributed by atoms with Crippen LogP contribution in [0, 0.1) is 11.8 Å². The van der Waals surface area contributed by atoms with Gasteiger partial charge in [0.1, 0.15) is 5.75 Å². The molecule has 0 aliphatic heterocycles. The van der Waals surface area contributed by atoms with Crippen molar-refractivity contribution < 1.29 is 4.74 Å². The molecular weight excluding hydrogens is 324 g/mol. The highest BCUT2D eigenvalue weighted by Crippen LogP contribution is 2.36. The summed E-state index contributed by atoms with van der Waals surface area (Å²) < 4.78 is 6.88. The van der Waals surface area contributed by atoms with E-state index in [0.29, 0.717) is 11.3 Å². The van der Waals surface area contributed by atoms with Gasteiger partial charge in [0.25, 0.3) is 0 Å². The third-order valence-electron chi connectivity index (χ3n) is 4.15. The molecule has 1 aliphatic rings. The summed E-state index contributed by atoms with van der Waals surface area (Å²) in [5.74, 6) is 2.43. The van der Waals surface area contributed by atoms with Crippen molar-refractivity contribution in [2.75, 3.05) is 6.61 Å². The van der Waals surface area contributed by atoms with Crippen LogP contribution in [0.1, 0.15) is 39.0 Å². The molecule has 0 bridgehead atoms. The summed E-state index contributed by atoms with van der Waals surface area (Å²) in [7, 11) is 0. The molecule has 1 aliphatic carbocycles. The van der Waals surface area contributed by atoms with Crippen molar-refractivity contribution in [1.82, 2.24) is 0 Å². The van der Waals surface area contributed by atoms with Gasteiger partial charge in [-0.3, -0.25) is 0 Å². The second-order valence-electron chi connectivity index (χ2n) is 5.45. The van der Waals surface area contributed by atoms with Crippen LogP contribution in [0.5, 0.6) is 5.75 Å². The molecule has 1 aromatic rings. The summed E-state index contributed by atoms with van der Waals surface area (Å²) in [5, 5.41) is 0.344. The van der Waals surface area contributed by atoms with E-state index in [1.54, 1.807) is 0 Å². The smallest absolute Gasteiger partial charge is 0.119 e. The highest BCUT2D eigenvalue weighted by molar-refractivity contribution is 9.10. The molecule has 3 heteroatoms. The molecule has 3 atom stereocenters. The van der Waals surface area contributed by atoms with Gasteiger partial charge in [0.05, 0.1) is 6.61 Å². The van der Waals surface area contributed by atoms with Crippen LogP contribution in [0.4, 0.5) is 0 Å². The van der Waals surface area contributed by atoms with Gasteiger partial charge in [0.15, 0.2) is 0 Å². The van der Waals surface area contributed by atoms with Gasteiger partial charge in [-0.25, -0.2) is 0 Å². The maximum Gasteiger partial charge on any atom is 0.119 e. The third-order valence-corrected chi connectivity index (χ3v) is 5.25. The minimum absolute atomic E-state index is 0.344. The summed E-state index contributed by atoms with van der Waals surface area (Å²) in [6.45, 7) is 3.06. The van der Waals surface area contributed by atoms with E-state index in [9.17, 15) is 0 Å². The molecule has 2 rings (SSSR count). The van der Waals surface area contributed by atoms with Gasteiger partial charge in [0, 0.05) is 9.85 Å². The Morgan fingerprint density at radius 3 is 2.68 bits per heavy atom. The minimum atomic E-state index is 0.344. The minimum Gasteiger partial charge on any atom is -0.494 e. The molecule has 0 radical (unpaired) electrons. The van der Waals surface area contributed by atoms with E-state index in [1.165, 1.54) is 25.7 Å². The first-order chi connectivity index (χ1) is 9.19. The Labute approximate surface area is 129 Å². The molecule has 0 amide bonds. The highest BCUT2D eigenvalue weighted by atomic mass is 79.9. The Morgan fingerprint density at radius 2 is 2.00 bits per heavy atom. The monoisotopic (exact) mass is 344 g/mol. The first-order valence-corrected chi connectivity index (χ1v) is 8.44. The molecule has 19 heavy (non-hydrogen) atoms. The van der Waals surface area contributed by atoms with Crippen molar-refractivity contribution in [2.24, 2.45) is 11.8 Å². The molecule has 0 N–H and O–H groups in total. The second kappa shape index (κ2) is 7.54. The summed E-state index contributed by atoms with van der Waals surface area (Å²) in [5.41, 5.74) is 0. The molecular formula is C16H22BrClO. The van der Waals surface area contributed by atoms with Crippen LogP contribution < -0.4 is 4.74 Å². The fraction of sp³-hybridized carbons (Fsp3) is 0.625. The maximum absolute atomic E-state index is 6.45. The molecule has 1 saturated carbocycles. The number of hydrogen-bond acceptors (Lipinski definition) is 1. The Hall–Kier alpha value is -0.210. The van der Waals surface area contributed by atoms with E-state index in [2.05, 4.69) is 22.9 Å². The lowest BCUT2D eigenvalue weighted by Gasteiger charge is -2.32. The zero-order valence-corrected chi connectivity index (χ0v) is 13.8. The van der Waals surface area contributed by atoms with Crippen molar-refractivity contribution in [2.45, 2.75) is 44.4 Å². The molecule has 106 valence electrons. The molecule has 0 saturated heterocycles. The number of alkyl halides is 1. The third kappa shape index (κ3) is 4.68. The number of ether oxygens (including phenoxy) is 1. The maximum atomic E-state index is 6.45. The van der Waals surface area contributed by atoms with Gasteiger partial charge in [-0.2, -0.15) is 0 Å². The van der Waals surface area contributed by atoms with E-state index >= 15 is 0 Å². The predicted molar refractivity (Wildman–Crippen MR) is 85.0 cm³/mol. The van der Waals surface area contributed by atoms with E-state index in [-0.39, 0.29) is 0 Å². The normalized spacial score (nSPS) is 27.2. The molecule has 3 unspecified atom stereocenters. The van der Waals surface area contributed by atoms with Crippen molar-refractivity contribution in [1.29, 1.82) is 0 Å². The summed E-state index contributed by atoms with van der Waals surface area (Å²) >= 11 is 9.87. The highest BCUT2D eigenvalue weighted by Gasteiger charge is 2.28. The first kappa shape index (κ1) is 15.2. The molecule has 0 aromatic heterocycles. The Kier molecular flexibility index (Phi) is 6.03. The average Bonchev–Trinajstić information content (AvgIpc) is 2.43. The zero-order chi connectivity index (χ0) is 13.7. The largest absolute Gasteiger partial charge is 0.494 e. The lowest BCUT2D eigenvalue weighted by Crippen LogP contribution is -2.26. The summed E-state index contributed by atoms with van der Waals surface area (Å²) in [6, 6.07) is 8.01. The number of benzene rings is 1. The SMILES string of the molecule is CCC1CCC(Cl)C(CCOc2ccc(Br)cc2)C1. The number of halogens is 2. The Morgan fingerprint density at radius 1 is 1.26 bits per heavy atom. The van der Waals surface area contributed by atoms with Crippen molar-refractivity contribution in [3.05, 3.63) is 28.7 Å². The molecule has 0 spiro atoms.